The smallest absolute Gasteiger partial charge is 0.259 e. The third-order valence-electron chi connectivity index (χ3n) is 4.87. The zero-order chi connectivity index (χ0) is 16.9. The molecule has 0 bridgehead atoms. The lowest BCUT2D eigenvalue weighted by Crippen LogP contribution is -2.44. The zero-order valence-electron chi connectivity index (χ0n) is 13.9. The normalized spacial score (nSPS) is 24.6. The molecule has 3 heterocycles. The lowest BCUT2D eigenvalue weighted by molar-refractivity contribution is -0.127. The molecule has 3 rings (SSSR count). The molecule has 0 aromatic carbocycles. The molecule has 0 unspecified atom stereocenters. The van der Waals surface area contributed by atoms with Gasteiger partial charge in [0, 0.05) is 37.0 Å². The molecule has 2 fully saturated rings. The molecule has 2 amide bonds. The SMILES string of the molecule is N=C/C(C(=O)N1CCCCC1)=C1/NC(=O)C=C(C2CCNCC2)N1. The Morgan fingerprint density at radius 2 is 1.88 bits per heavy atom. The van der Waals surface area contributed by atoms with Crippen LogP contribution in [0.2, 0.25) is 0 Å². The Bertz CT molecular complexity index is 584. The predicted octanol–water partition coefficient (Wildman–Crippen LogP) is 0.463. The molecule has 3 aliphatic rings. The van der Waals surface area contributed by atoms with E-state index in [1.165, 1.54) is 0 Å². The molecule has 0 aromatic rings. The van der Waals surface area contributed by atoms with Crippen molar-refractivity contribution in [1.82, 2.24) is 20.9 Å². The fourth-order valence-corrected chi connectivity index (χ4v) is 3.51. The minimum atomic E-state index is -0.233. The van der Waals surface area contributed by atoms with Crippen LogP contribution in [0, 0.1) is 11.3 Å². The maximum atomic E-state index is 12.7. The van der Waals surface area contributed by atoms with Gasteiger partial charge in [-0.2, -0.15) is 0 Å². The van der Waals surface area contributed by atoms with Gasteiger partial charge in [0.1, 0.15) is 5.82 Å². The van der Waals surface area contributed by atoms with Crippen LogP contribution in [0.15, 0.2) is 23.2 Å². The molecule has 0 atom stereocenters. The Morgan fingerprint density at radius 3 is 2.54 bits per heavy atom. The first-order valence-electron chi connectivity index (χ1n) is 8.73. The summed E-state index contributed by atoms with van der Waals surface area (Å²) >= 11 is 0. The summed E-state index contributed by atoms with van der Waals surface area (Å²) in [5.41, 5.74) is 1.07. The molecule has 0 spiro atoms. The predicted molar refractivity (Wildman–Crippen MR) is 91.2 cm³/mol. The number of nitrogens with zero attached hydrogens (tertiary/aromatic N) is 1. The van der Waals surface area contributed by atoms with Crippen molar-refractivity contribution in [3.05, 3.63) is 23.2 Å². The van der Waals surface area contributed by atoms with E-state index in [1.807, 2.05) is 0 Å². The van der Waals surface area contributed by atoms with E-state index in [0.717, 1.165) is 57.1 Å². The lowest BCUT2D eigenvalue weighted by atomic mass is 9.93. The zero-order valence-corrected chi connectivity index (χ0v) is 13.9. The highest BCUT2D eigenvalue weighted by Gasteiger charge is 2.27. The Labute approximate surface area is 142 Å². The third-order valence-corrected chi connectivity index (χ3v) is 4.87. The number of hydrogen-bond acceptors (Lipinski definition) is 5. The second kappa shape index (κ2) is 7.61. The molecule has 4 N–H and O–H groups in total. The summed E-state index contributed by atoms with van der Waals surface area (Å²) < 4.78 is 0. The summed E-state index contributed by atoms with van der Waals surface area (Å²) in [5.74, 6) is 0.216. The van der Waals surface area contributed by atoms with Crippen molar-refractivity contribution in [2.75, 3.05) is 26.2 Å². The molecule has 0 aliphatic carbocycles. The molecule has 3 aliphatic heterocycles. The van der Waals surface area contributed by atoms with Crippen molar-refractivity contribution in [1.29, 1.82) is 5.41 Å². The minimum Gasteiger partial charge on any atom is -0.344 e. The van der Waals surface area contributed by atoms with Crippen LogP contribution in [0.25, 0.3) is 0 Å². The van der Waals surface area contributed by atoms with Crippen LogP contribution in [-0.4, -0.2) is 49.1 Å². The number of nitrogens with one attached hydrogen (secondary N) is 4. The van der Waals surface area contributed by atoms with Gasteiger partial charge in [-0.05, 0) is 45.2 Å². The largest absolute Gasteiger partial charge is 0.344 e. The van der Waals surface area contributed by atoms with Crippen molar-refractivity contribution < 1.29 is 9.59 Å². The first-order chi connectivity index (χ1) is 11.7. The molecule has 130 valence electrons. The van der Waals surface area contributed by atoms with Crippen LogP contribution < -0.4 is 16.0 Å². The van der Waals surface area contributed by atoms with Crippen molar-refractivity contribution in [2.45, 2.75) is 32.1 Å². The van der Waals surface area contributed by atoms with Gasteiger partial charge >= 0.3 is 0 Å². The van der Waals surface area contributed by atoms with Crippen LogP contribution >= 0.6 is 0 Å². The fourth-order valence-electron chi connectivity index (χ4n) is 3.51. The first kappa shape index (κ1) is 16.7. The lowest BCUT2D eigenvalue weighted by Gasteiger charge is -2.31. The van der Waals surface area contributed by atoms with Gasteiger partial charge in [-0.1, -0.05) is 0 Å². The topological polar surface area (TPSA) is 97.3 Å². The minimum absolute atomic E-state index is 0.181. The standard InChI is InChI=1S/C17H25N5O2/c18-11-13(17(24)22-8-2-1-3-9-22)16-20-14(10-15(23)21-16)12-4-6-19-7-5-12/h10-12,18-20H,1-9H2,(H,21,23)/b16-13-,18-11?. The van der Waals surface area contributed by atoms with Gasteiger partial charge in [-0.3, -0.25) is 9.59 Å². The highest BCUT2D eigenvalue weighted by molar-refractivity contribution is 6.12. The number of amides is 2. The summed E-state index contributed by atoms with van der Waals surface area (Å²) in [6, 6.07) is 0. The van der Waals surface area contributed by atoms with Gasteiger partial charge < -0.3 is 26.3 Å². The van der Waals surface area contributed by atoms with Gasteiger partial charge in [0.05, 0.1) is 5.57 Å². The molecule has 0 radical (unpaired) electrons. The van der Waals surface area contributed by atoms with E-state index in [-0.39, 0.29) is 23.3 Å². The van der Waals surface area contributed by atoms with Crippen LogP contribution in [0.3, 0.4) is 0 Å². The molecule has 24 heavy (non-hydrogen) atoms. The average Bonchev–Trinajstić information content (AvgIpc) is 2.63. The maximum Gasteiger partial charge on any atom is 0.259 e. The van der Waals surface area contributed by atoms with Crippen LogP contribution in [-0.2, 0) is 9.59 Å². The maximum absolute atomic E-state index is 12.7. The van der Waals surface area contributed by atoms with Gasteiger partial charge in [-0.15, -0.1) is 0 Å². The van der Waals surface area contributed by atoms with Crippen molar-refractivity contribution in [3.63, 3.8) is 0 Å². The molecule has 7 heteroatoms. The number of likely N-dealkylation sites (tertiary alicyclic amines) is 1. The second-order valence-electron chi connectivity index (χ2n) is 6.52. The van der Waals surface area contributed by atoms with E-state index in [1.54, 1.807) is 11.0 Å². The Balaban J connectivity index is 1.80. The number of hydrogen-bond donors (Lipinski definition) is 4. The third kappa shape index (κ3) is 3.67. The quantitative estimate of drug-likeness (QED) is 0.446. The number of rotatable bonds is 3. The van der Waals surface area contributed by atoms with Gasteiger partial charge in [0.2, 0.25) is 0 Å². The monoisotopic (exact) mass is 331 g/mol. The van der Waals surface area contributed by atoms with E-state index in [9.17, 15) is 9.59 Å². The van der Waals surface area contributed by atoms with Crippen molar-refractivity contribution in [2.24, 2.45) is 5.92 Å². The van der Waals surface area contributed by atoms with Gasteiger partial charge in [0.15, 0.2) is 0 Å². The van der Waals surface area contributed by atoms with Crippen molar-refractivity contribution in [3.8, 4) is 0 Å². The molecule has 0 aromatic heterocycles. The van der Waals surface area contributed by atoms with Crippen LogP contribution in [0.4, 0.5) is 0 Å². The summed E-state index contributed by atoms with van der Waals surface area (Å²) in [7, 11) is 0. The molecular weight excluding hydrogens is 306 g/mol. The van der Waals surface area contributed by atoms with Crippen LogP contribution in [0.5, 0.6) is 0 Å². The van der Waals surface area contributed by atoms with E-state index < -0.39 is 0 Å². The number of allylic oxidation sites excluding steroid dienone is 1. The van der Waals surface area contributed by atoms with E-state index >= 15 is 0 Å². The Morgan fingerprint density at radius 1 is 1.17 bits per heavy atom. The first-order valence-corrected chi connectivity index (χ1v) is 8.73. The molecular formula is C17H25N5O2. The second-order valence-corrected chi connectivity index (χ2v) is 6.52. The summed E-state index contributed by atoms with van der Waals surface area (Å²) in [6.45, 7) is 3.28. The number of carbonyl (C=O) groups is 2. The highest BCUT2D eigenvalue weighted by Crippen LogP contribution is 2.22. The Kier molecular flexibility index (Phi) is 5.30. The Hall–Kier alpha value is -2.15. The van der Waals surface area contributed by atoms with Crippen molar-refractivity contribution >= 4 is 18.0 Å². The van der Waals surface area contributed by atoms with E-state index in [4.69, 9.17) is 5.41 Å². The number of carbonyl (C=O) groups excluding carboxylic acids is 2. The fraction of sp³-hybridized carbons (Fsp3) is 0.588. The van der Waals surface area contributed by atoms with Crippen LogP contribution in [0.1, 0.15) is 32.1 Å². The highest BCUT2D eigenvalue weighted by atomic mass is 16.2. The van der Waals surface area contributed by atoms with Gasteiger partial charge in [0.25, 0.3) is 11.8 Å². The molecule has 0 saturated carbocycles. The average molecular weight is 331 g/mol. The van der Waals surface area contributed by atoms with E-state index in [0.29, 0.717) is 18.9 Å². The van der Waals surface area contributed by atoms with E-state index in [2.05, 4.69) is 16.0 Å². The number of piperidine rings is 2. The molecule has 7 nitrogen and oxygen atoms in total. The summed E-state index contributed by atoms with van der Waals surface area (Å²) in [5, 5.41) is 16.9. The summed E-state index contributed by atoms with van der Waals surface area (Å²) in [6.07, 6.45) is 7.66. The van der Waals surface area contributed by atoms with Gasteiger partial charge in [-0.25, -0.2) is 0 Å². The summed E-state index contributed by atoms with van der Waals surface area (Å²) in [4.78, 5) is 26.6. The molecule has 2 saturated heterocycles.